The van der Waals surface area contributed by atoms with Gasteiger partial charge >= 0.3 is 12.4 Å². The summed E-state index contributed by atoms with van der Waals surface area (Å²) < 4.78 is 82.7. The first-order chi connectivity index (χ1) is 9.55. The Kier molecular flexibility index (Phi) is 3.98. The molecule has 1 aromatic rings. The summed E-state index contributed by atoms with van der Waals surface area (Å²) in [6.07, 6.45) is -9.67. The van der Waals surface area contributed by atoms with E-state index in [-0.39, 0.29) is 29.7 Å². The summed E-state index contributed by atoms with van der Waals surface area (Å²) in [4.78, 5) is 0. The summed E-state index contributed by atoms with van der Waals surface area (Å²) in [5.74, 6) is 0. The van der Waals surface area contributed by atoms with Crippen molar-refractivity contribution in [2.24, 2.45) is 7.05 Å². The van der Waals surface area contributed by atoms with Crippen molar-refractivity contribution < 1.29 is 31.1 Å². The molecule has 9 heteroatoms. The Bertz CT molecular complexity index is 519. The highest BCUT2D eigenvalue weighted by atomic mass is 19.4. The standard InChI is InChI=1S/C12H14F6N2O/c1-3-7-8(21-7)5-4-6-9(11(13,14)15)19-20(2)10(6)12(16,17)18/h7-8H,3-5H2,1-2H3. The van der Waals surface area contributed by atoms with Crippen LogP contribution >= 0.6 is 0 Å². The van der Waals surface area contributed by atoms with Crippen LogP contribution in [0.25, 0.3) is 0 Å². The van der Waals surface area contributed by atoms with Gasteiger partial charge in [-0.25, -0.2) is 0 Å². The molecule has 2 rings (SSSR count). The molecule has 21 heavy (non-hydrogen) atoms. The van der Waals surface area contributed by atoms with Crippen molar-refractivity contribution in [3.8, 4) is 0 Å². The number of epoxide rings is 1. The predicted molar refractivity (Wildman–Crippen MR) is 60.5 cm³/mol. The average Bonchev–Trinajstić information content (AvgIpc) is 2.98. The molecular weight excluding hydrogens is 302 g/mol. The number of nitrogens with zero attached hydrogens (tertiary/aromatic N) is 2. The Balaban J connectivity index is 2.31. The lowest BCUT2D eigenvalue weighted by molar-refractivity contribution is -0.145. The molecule has 2 unspecified atom stereocenters. The maximum Gasteiger partial charge on any atom is 0.435 e. The summed E-state index contributed by atoms with van der Waals surface area (Å²) in [6, 6.07) is 0. The second-order valence-electron chi connectivity index (χ2n) is 4.95. The van der Waals surface area contributed by atoms with E-state index >= 15 is 0 Å². The highest BCUT2D eigenvalue weighted by Crippen LogP contribution is 2.40. The van der Waals surface area contributed by atoms with Crippen molar-refractivity contribution in [2.45, 2.75) is 50.7 Å². The van der Waals surface area contributed by atoms with Crippen LogP contribution in [-0.2, 0) is 30.6 Å². The van der Waals surface area contributed by atoms with Gasteiger partial charge in [0.1, 0.15) is 5.69 Å². The van der Waals surface area contributed by atoms with E-state index < -0.39 is 29.3 Å². The number of hydrogen-bond donors (Lipinski definition) is 0. The molecule has 3 nitrogen and oxygen atoms in total. The first-order valence-corrected chi connectivity index (χ1v) is 6.41. The summed E-state index contributed by atoms with van der Waals surface area (Å²) >= 11 is 0. The van der Waals surface area contributed by atoms with Crippen LogP contribution in [0.2, 0.25) is 0 Å². The van der Waals surface area contributed by atoms with Gasteiger partial charge in [-0.2, -0.15) is 31.4 Å². The molecule has 0 saturated carbocycles. The topological polar surface area (TPSA) is 30.4 Å². The average molecular weight is 316 g/mol. The fraction of sp³-hybridized carbons (Fsp3) is 0.750. The Labute approximate surface area is 116 Å². The molecule has 2 heterocycles. The van der Waals surface area contributed by atoms with Gasteiger partial charge in [-0.15, -0.1) is 0 Å². The number of aromatic nitrogens is 2. The summed E-state index contributed by atoms with van der Waals surface area (Å²) in [5, 5.41) is 3.02. The zero-order chi connectivity index (χ0) is 16.0. The van der Waals surface area contributed by atoms with Gasteiger partial charge in [0, 0.05) is 12.6 Å². The number of halogens is 6. The van der Waals surface area contributed by atoms with E-state index in [1.165, 1.54) is 0 Å². The maximum atomic E-state index is 12.9. The number of rotatable bonds is 4. The summed E-state index contributed by atoms with van der Waals surface area (Å²) in [5.41, 5.74) is -3.61. The van der Waals surface area contributed by atoms with E-state index in [1.54, 1.807) is 0 Å². The predicted octanol–water partition coefficient (Wildman–Crippen LogP) is 3.57. The van der Waals surface area contributed by atoms with Crippen molar-refractivity contribution in [2.75, 3.05) is 0 Å². The van der Waals surface area contributed by atoms with Crippen molar-refractivity contribution >= 4 is 0 Å². The van der Waals surface area contributed by atoms with Crippen LogP contribution in [-0.4, -0.2) is 22.0 Å². The maximum absolute atomic E-state index is 12.9. The number of ether oxygens (including phenoxy) is 1. The quantitative estimate of drug-likeness (QED) is 0.628. The molecular formula is C12H14F6N2O. The molecule has 1 saturated heterocycles. The smallest absolute Gasteiger partial charge is 0.370 e. The number of hydrogen-bond acceptors (Lipinski definition) is 2. The molecule has 0 aliphatic carbocycles. The van der Waals surface area contributed by atoms with Crippen LogP contribution < -0.4 is 0 Å². The van der Waals surface area contributed by atoms with Crippen LogP contribution in [0.3, 0.4) is 0 Å². The molecule has 0 spiro atoms. The van der Waals surface area contributed by atoms with Crippen molar-refractivity contribution in [3.63, 3.8) is 0 Å². The second kappa shape index (κ2) is 5.19. The summed E-state index contributed by atoms with van der Waals surface area (Å²) in [7, 11) is 0.865. The fourth-order valence-electron chi connectivity index (χ4n) is 2.47. The van der Waals surface area contributed by atoms with Gasteiger partial charge < -0.3 is 4.74 Å². The third kappa shape index (κ3) is 3.33. The molecule has 1 aromatic heterocycles. The minimum atomic E-state index is -4.91. The van der Waals surface area contributed by atoms with E-state index in [0.717, 1.165) is 7.05 Å². The molecule has 1 fully saturated rings. The normalized spacial score (nSPS) is 22.7. The van der Waals surface area contributed by atoms with E-state index in [9.17, 15) is 26.3 Å². The van der Waals surface area contributed by atoms with Crippen LogP contribution in [0.5, 0.6) is 0 Å². The molecule has 1 aliphatic rings. The van der Waals surface area contributed by atoms with Gasteiger partial charge in [-0.3, -0.25) is 4.68 Å². The van der Waals surface area contributed by atoms with Crippen LogP contribution in [0.1, 0.15) is 36.7 Å². The largest absolute Gasteiger partial charge is 0.435 e. The Morgan fingerprint density at radius 1 is 1.10 bits per heavy atom. The number of alkyl halides is 6. The van der Waals surface area contributed by atoms with E-state index in [0.29, 0.717) is 6.42 Å². The Morgan fingerprint density at radius 3 is 2.14 bits per heavy atom. The van der Waals surface area contributed by atoms with E-state index in [4.69, 9.17) is 4.74 Å². The Morgan fingerprint density at radius 2 is 1.71 bits per heavy atom. The van der Waals surface area contributed by atoms with Crippen molar-refractivity contribution in [1.29, 1.82) is 0 Å². The van der Waals surface area contributed by atoms with Crippen molar-refractivity contribution in [1.82, 2.24) is 9.78 Å². The lowest BCUT2D eigenvalue weighted by atomic mass is 10.0. The molecule has 0 bridgehead atoms. The van der Waals surface area contributed by atoms with Crippen LogP contribution in [0, 0.1) is 0 Å². The van der Waals surface area contributed by atoms with Gasteiger partial charge in [0.05, 0.1) is 12.2 Å². The highest BCUT2D eigenvalue weighted by Gasteiger charge is 2.46. The first kappa shape index (κ1) is 16.1. The molecule has 2 atom stereocenters. The van der Waals surface area contributed by atoms with E-state index in [2.05, 4.69) is 5.10 Å². The molecule has 0 radical (unpaired) electrons. The highest BCUT2D eigenvalue weighted by molar-refractivity contribution is 5.31. The molecule has 0 N–H and O–H groups in total. The van der Waals surface area contributed by atoms with Crippen LogP contribution in [0.15, 0.2) is 0 Å². The van der Waals surface area contributed by atoms with Gasteiger partial charge in [-0.1, -0.05) is 6.92 Å². The minimum absolute atomic E-state index is 0.0645. The second-order valence-corrected chi connectivity index (χ2v) is 4.95. The monoisotopic (exact) mass is 316 g/mol. The Hall–Kier alpha value is -1.25. The molecule has 1 aliphatic heterocycles. The molecule has 0 aromatic carbocycles. The van der Waals surface area contributed by atoms with Crippen LogP contribution in [0.4, 0.5) is 26.3 Å². The van der Waals surface area contributed by atoms with E-state index in [1.807, 2.05) is 6.92 Å². The van der Waals surface area contributed by atoms with Gasteiger partial charge in [0.2, 0.25) is 0 Å². The summed E-state index contributed by atoms with van der Waals surface area (Å²) in [6.45, 7) is 1.84. The minimum Gasteiger partial charge on any atom is -0.370 e. The first-order valence-electron chi connectivity index (χ1n) is 6.41. The lowest BCUT2D eigenvalue weighted by Gasteiger charge is -2.11. The number of aryl methyl sites for hydroxylation is 1. The van der Waals surface area contributed by atoms with Crippen molar-refractivity contribution in [3.05, 3.63) is 17.0 Å². The fourth-order valence-corrected chi connectivity index (χ4v) is 2.47. The molecule has 0 amide bonds. The zero-order valence-electron chi connectivity index (χ0n) is 11.3. The van der Waals surface area contributed by atoms with Gasteiger partial charge in [0.25, 0.3) is 0 Å². The molecule has 120 valence electrons. The lowest BCUT2D eigenvalue weighted by Crippen LogP contribution is -2.15. The zero-order valence-corrected chi connectivity index (χ0v) is 11.3. The SMILES string of the molecule is CCC1OC1CCc1c(C(F)(F)F)nn(C)c1C(F)(F)F. The third-order valence-electron chi connectivity index (χ3n) is 3.45. The third-order valence-corrected chi connectivity index (χ3v) is 3.45. The van der Waals surface area contributed by atoms with Gasteiger partial charge in [0.15, 0.2) is 5.69 Å². The van der Waals surface area contributed by atoms with Gasteiger partial charge in [-0.05, 0) is 19.3 Å².